The van der Waals surface area contributed by atoms with E-state index in [0.29, 0.717) is 5.41 Å². The zero-order valence-corrected chi connectivity index (χ0v) is 10.4. The van der Waals surface area contributed by atoms with E-state index in [1.165, 1.54) is 37.7 Å². The van der Waals surface area contributed by atoms with Crippen LogP contribution < -0.4 is 0 Å². The van der Waals surface area contributed by atoms with Gasteiger partial charge in [-0.3, -0.25) is 0 Å². The molecule has 0 aliphatic carbocycles. The van der Waals surface area contributed by atoms with Gasteiger partial charge in [-0.2, -0.15) is 0 Å². The molecule has 0 heteroatoms. The maximum Gasteiger partial charge on any atom is -0.00522 e. The number of hydrogen-bond acceptors (Lipinski definition) is 0. The first-order valence-electron chi connectivity index (χ1n) is 6.34. The van der Waals surface area contributed by atoms with Crippen LogP contribution in [-0.2, 0) is 5.41 Å². The van der Waals surface area contributed by atoms with Gasteiger partial charge in [-0.05, 0) is 30.2 Å². The van der Waals surface area contributed by atoms with Gasteiger partial charge in [0.25, 0.3) is 0 Å². The minimum absolute atomic E-state index is 0.428. The molecule has 1 aromatic rings. The summed E-state index contributed by atoms with van der Waals surface area (Å²) in [7, 11) is 0. The molecule has 0 atom stereocenters. The lowest BCUT2D eigenvalue weighted by molar-refractivity contribution is 0.354. The van der Waals surface area contributed by atoms with Gasteiger partial charge in [0.1, 0.15) is 0 Å². The molecule has 0 fully saturated rings. The summed E-state index contributed by atoms with van der Waals surface area (Å²) in [6.07, 6.45) is 6.49. The maximum absolute atomic E-state index is 2.33. The van der Waals surface area contributed by atoms with Gasteiger partial charge < -0.3 is 0 Å². The Hall–Kier alpha value is -0.780. The van der Waals surface area contributed by atoms with Crippen molar-refractivity contribution in [1.82, 2.24) is 0 Å². The maximum atomic E-state index is 2.33. The molecule has 0 bridgehead atoms. The Balaban J connectivity index is 2.89. The van der Waals surface area contributed by atoms with E-state index in [4.69, 9.17) is 0 Å². The van der Waals surface area contributed by atoms with Crippen LogP contribution in [0.4, 0.5) is 0 Å². The lowest BCUT2D eigenvalue weighted by Crippen LogP contribution is -2.24. The second kappa shape index (κ2) is 5.95. The fourth-order valence-corrected chi connectivity index (χ4v) is 2.46. The van der Waals surface area contributed by atoms with Crippen LogP contribution in [0.15, 0.2) is 30.3 Å². The van der Waals surface area contributed by atoms with Gasteiger partial charge in [-0.1, -0.05) is 63.9 Å². The number of hydrogen-bond donors (Lipinski definition) is 0. The van der Waals surface area contributed by atoms with Crippen LogP contribution >= 0.6 is 0 Å². The van der Waals surface area contributed by atoms with Crippen molar-refractivity contribution in [3.63, 3.8) is 0 Å². The Kier molecular flexibility index (Phi) is 4.87. The molecule has 0 heterocycles. The first-order valence-corrected chi connectivity index (χ1v) is 6.34. The van der Waals surface area contributed by atoms with Crippen molar-refractivity contribution >= 4 is 0 Å². The third kappa shape index (κ3) is 2.84. The van der Waals surface area contributed by atoms with E-state index in [-0.39, 0.29) is 0 Å². The number of rotatable bonds is 6. The first kappa shape index (κ1) is 12.3. The largest absolute Gasteiger partial charge is 0.0654 e. The third-order valence-corrected chi connectivity index (χ3v) is 3.75. The molecule has 0 N–H and O–H groups in total. The SMILES string of the molecule is CCCCC(CC)(CC)c1ccccc1. The van der Waals surface area contributed by atoms with E-state index in [9.17, 15) is 0 Å². The van der Waals surface area contributed by atoms with Crippen LogP contribution in [0.3, 0.4) is 0 Å². The third-order valence-electron chi connectivity index (χ3n) is 3.75. The second-order valence-corrected chi connectivity index (χ2v) is 4.46. The zero-order valence-electron chi connectivity index (χ0n) is 10.4. The average molecular weight is 204 g/mol. The van der Waals surface area contributed by atoms with Gasteiger partial charge in [-0.25, -0.2) is 0 Å². The molecular formula is C15H24. The highest BCUT2D eigenvalue weighted by Crippen LogP contribution is 2.36. The molecule has 0 saturated carbocycles. The molecule has 0 amide bonds. The Morgan fingerprint density at radius 1 is 0.933 bits per heavy atom. The van der Waals surface area contributed by atoms with Crippen molar-refractivity contribution in [1.29, 1.82) is 0 Å². The van der Waals surface area contributed by atoms with Gasteiger partial charge in [0.15, 0.2) is 0 Å². The van der Waals surface area contributed by atoms with Crippen LogP contribution in [0.2, 0.25) is 0 Å². The molecule has 1 aromatic carbocycles. The summed E-state index contributed by atoms with van der Waals surface area (Å²) in [6, 6.07) is 11.0. The van der Waals surface area contributed by atoms with Crippen molar-refractivity contribution < 1.29 is 0 Å². The van der Waals surface area contributed by atoms with Crippen LogP contribution in [0.25, 0.3) is 0 Å². The topological polar surface area (TPSA) is 0 Å². The lowest BCUT2D eigenvalue weighted by atomic mass is 9.72. The lowest BCUT2D eigenvalue weighted by Gasteiger charge is -2.32. The summed E-state index contributed by atoms with van der Waals surface area (Å²) in [6.45, 7) is 6.93. The van der Waals surface area contributed by atoms with Gasteiger partial charge in [-0.15, -0.1) is 0 Å². The van der Waals surface area contributed by atoms with E-state index in [2.05, 4.69) is 51.1 Å². The molecule has 0 aromatic heterocycles. The number of benzene rings is 1. The summed E-state index contributed by atoms with van der Waals surface area (Å²) >= 11 is 0. The number of unbranched alkanes of at least 4 members (excludes halogenated alkanes) is 1. The molecule has 1 rings (SSSR count). The molecule has 84 valence electrons. The predicted molar refractivity (Wildman–Crippen MR) is 68.2 cm³/mol. The van der Waals surface area contributed by atoms with Gasteiger partial charge in [0.05, 0.1) is 0 Å². The molecule has 0 aliphatic rings. The van der Waals surface area contributed by atoms with Crippen LogP contribution in [0.1, 0.15) is 58.4 Å². The van der Waals surface area contributed by atoms with Crippen molar-refractivity contribution in [3.8, 4) is 0 Å². The molecule has 0 unspecified atom stereocenters. The highest BCUT2D eigenvalue weighted by Gasteiger charge is 2.26. The first-order chi connectivity index (χ1) is 7.29. The molecular weight excluding hydrogens is 180 g/mol. The zero-order chi connectivity index (χ0) is 11.1. The quantitative estimate of drug-likeness (QED) is 0.616. The van der Waals surface area contributed by atoms with Gasteiger partial charge >= 0.3 is 0 Å². The minimum Gasteiger partial charge on any atom is -0.0654 e. The molecule has 0 spiro atoms. The molecule has 0 nitrogen and oxygen atoms in total. The Labute approximate surface area is 94.7 Å². The van der Waals surface area contributed by atoms with E-state index >= 15 is 0 Å². The van der Waals surface area contributed by atoms with E-state index in [1.54, 1.807) is 0 Å². The Morgan fingerprint density at radius 3 is 2.00 bits per heavy atom. The Bertz CT molecular complexity index is 257. The summed E-state index contributed by atoms with van der Waals surface area (Å²) in [5, 5.41) is 0. The monoisotopic (exact) mass is 204 g/mol. The molecule has 15 heavy (non-hydrogen) atoms. The minimum atomic E-state index is 0.428. The fraction of sp³-hybridized carbons (Fsp3) is 0.600. The smallest absolute Gasteiger partial charge is 0.00522 e. The summed E-state index contributed by atoms with van der Waals surface area (Å²) in [4.78, 5) is 0. The van der Waals surface area contributed by atoms with Crippen molar-refractivity contribution in [2.75, 3.05) is 0 Å². The van der Waals surface area contributed by atoms with E-state index in [1.807, 2.05) is 0 Å². The van der Waals surface area contributed by atoms with Gasteiger partial charge in [0, 0.05) is 0 Å². The second-order valence-electron chi connectivity index (χ2n) is 4.46. The van der Waals surface area contributed by atoms with Crippen LogP contribution in [-0.4, -0.2) is 0 Å². The summed E-state index contributed by atoms with van der Waals surface area (Å²) < 4.78 is 0. The summed E-state index contributed by atoms with van der Waals surface area (Å²) in [5.74, 6) is 0. The molecule has 0 saturated heterocycles. The Morgan fingerprint density at radius 2 is 1.53 bits per heavy atom. The van der Waals surface area contributed by atoms with Crippen molar-refractivity contribution in [2.24, 2.45) is 0 Å². The van der Waals surface area contributed by atoms with E-state index < -0.39 is 0 Å². The average Bonchev–Trinajstić information content (AvgIpc) is 2.33. The van der Waals surface area contributed by atoms with Gasteiger partial charge in [0.2, 0.25) is 0 Å². The van der Waals surface area contributed by atoms with Crippen molar-refractivity contribution in [2.45, 2.75) is 58.3 Å². The predicted octanol–water partition coefficient (Wildman–Crippen LogP) is 4.93. The summed E-state index contributed by atoms with van der Waals surface area (Å²) in [5.41, 5.74) is 1.96. The normalized spacial score (nSPS) is 11.7. The van der Waals surface area contributed by atoms with Crippen LogP contribution in [0, 0.1) is 0 Å². The molecule has 0 radical (unpaired) electrons. The highest BCUT2D eigenvalue weighted by molar-refractivity contribution is 5.24. The van der Waals surface area contributed by atoms with Crippen molar-refractivity contribution in [3.05, 3.63) is 35.9 Å². The standard InChI is InChI=1S/C15H24/c1-4-7-13-15(5-2,6-3)14-11-9-8-10-12-14/h8-12H,4-7,13H2,1-3H3. The highest BCUT2D eigenvalue weighted by atomic mass is 14.3. The van der Waals surface area contributed by atoms with Crippen LogP contribution in [0.5, 0.6) is 0 Å². The van der Waals surface area contributed by atoms with E-state index in [0.717, 1.165) is 0 Å². The molecule has 0 aliphatic heterocycles. The fourth-order valence-electron chi connectivity index (χ4n) is 2.46.